The second kappa shape index (κ2) is 12.2. The Morgan fingerprint density at radius 3 is 1.64 bits per heavy atom. The van der Waals surface area contributed by atoms with E-state index < -0.39 is 0 Å². The second-order valence-electron chi connectivity index (χ2n) is 14.3. The number of aromatic nitrogens is 4. The van der Waals surface area contributed by atoms with Crippen LogP contribution in [0.4, 0.5) is 0 Å². The van der Waals surface area contributed by atoms with Gasteiger partial charge >= 0.3 is 0 Å². The highest BCUT2D eigenvalue weighted by Gasteiger charge is 2.37. The van der Waals surface area contributed by atoms with Gasteiger partial charge in [-0.2, -0.15) is 0 Å². The van der Waals surface area contributed by atoms with E-state index in [9.17, 15) is 0 Å². The number of para-hydroxylation sites is 2. The van der Waals surface area contributed by atoms with Crippen LogP contribution in [0, 0.1) is 0 Å². The van der Waals surface area contributed by atoms with E-state index in [0.717, 1.165) is 55.4 Å². The number of hydrogen-bond acceptors (Lipinski definition) is 4. The summed E-state index contributed by atoms with van der Waals surface area (Å²) in [7, 11) is 0. The van der Waals surface area contributed by atoms with Crippen LogP contribution < -0.4 is 0 Å². The molecule has 0 spiro atoms. The highest BCUT2D eigenvalue weighted by molar-refractivity contribution is 5.96. The molecule has 0 saturated heterocycles. The van der Waals surface area contributed by atoms with Crippen molar-refractivity contribution >= 4 is 21.8 Å². The van der Waals surface area contributed by atoms with Crippen molar-refractivity contribution in [3.8, 4) is 67.3 Å². The Morgan fingerprint density at radius 1 is 0.396 bits per heavy atom. The van der Waals surface area contributed by atoms with Crippen LogP contribution in [0.15, 0.2) is 170 Å². The molecule has 1 aliphatic carbocycles. The van der Waals surface area contributed by atoms with E-state index in [1.54, 1.807) is 0 Å². The van der Waals surface area contributed by atoms with Gasteiger partial charge in [-0.15, -0.1) is 0 Å². The molecule has 53 heavy (non-hydrogen) atoms. The zero-order chi connectivity index (χ0) is 35.5. The van der Waals surface area contributed by atoms with E-state index in [0.29, 0.717) is 5.82 Å². The van der Waals surface area contributed by atoms with Crippen molar-refractivity contribution in [2.75, 3.05) is 0 Å². The number of benzene rings is 6. The standard InChI is InChI=1S/C49H34N4/c1-49(2)42-15-6-3-10-36(42)40-14-9-13-35(47(40)49)33-22-18-31(19-23-33)32-20-24-34(25-21-32)45-30-46(39-26-28-50-43-16-7-4-11-37(39)43)53-48(52-45)41-27-29-51-44-17-8-5-12-38(41)44/h3-30H,1-2H3. The number of pyridine rings is 2. The predicted octanol–water partition coefficient (Wildman–Crippen LogP) is 12.2. The minimum absolute atomic E-state index is 0.0628. The van der Waals surface area contributed by atoms with Gasteiger partial charge in [-0.1, -0.05) is 141 Å². The largest absolute Gasteiger partial charge is 0.256 e. The fourth-order valence-corrected chi connectivity index (χ4v) is 8.23. The molecule has 6 aromatic carbocycles. The fraction of sp³-hybridized carbons (Fsp3) is 0.0612. The summed E-state index contributed by atoms with van der Waals surface area (Å²) in [6, 6.07) is 55.8. The van der Waals surface area contributed by atoms with Crippen molar-refractivity contribution in [3.05, 3.63) is 181 Å². The number of nitrogens with zero attached hydrogens (tertiary/aromatic N) is 4. The Bertz CT molecular complexity index is 2750. The highest BCUT2D eigenvalue weighted by Crippen LogP contribution is 2.52. The molecular formula is C49H34N4. The first-order valence-electron chi connectivity index (χ1n) is 18.0. The minimum atomic E-state index is -0.0628. The third-order valence-electron chi connectivity index (χ3n) is 10.8. The average molecular weight is 679 g/mol. The second-order valence-corrected chi connectivity index (χ2v) is 14.3. The number of hydrogen-bond donors (Lipinski definition) is 0. The van der Waals surface area contributed by atoms with Crippen LogP contribution in [-0.4, -0.2) is 19.9 Å². The summed E-state index contributed by atoms with van der Waals surface area (Å²) in [4.78, 5) is 19.6. The minimum Gasteiger partial charge on any atom is -0.256 e. The zero-order valence-electron chi connectivity index (χ0n) is 29.5. The molecule has 1 aliphatic rings. The molecule has 0 bridgehead atoms. The van der Waals surface area contributed by atoms with Gasteiger partial charge in [0.1, 0.15) is 0 Å². The molecule has 0 unspecified atom stereocenters. The molecule has 3 heterocycles. The van der Waals surface area contributed by atoms with Crippen LogP contribution in [-0.2, 0) is 5.41 Å². The Balaban J connectivity index is 1.03. The Morgan fingerprint density at radius 2 is 0.925 bits per heavy atom. The van der Waals surface area contributed by atoms with Gasteiger partial charge in [-0.3, -0.25) is 9.97 Å². The summed E-state index contributed by atoms with van der Waals surface area (Å²) < 4.78 is 0. The summed E-state index contributed by atoms with van der Waals surface area (Å²) in [5.41, 5.74) is 16.8. The predicted molar refractivity (Wildman–Crippen MR) is 217 cm³/mol. The number of rotatable bonds is 5. The van der Waals surface area contributed by atoms with E-state index in [2.05, 4.69) is 133 Å². The van der Waals surface area contributed by atoms with Gasteiger partial charge < -0.3 is 0 Å². The Kier molecular flexibility index (Phi) is 7.12. The quantitative estimate of drug-likeness (QED) is 0.182. The van der Waals surface area contributed by atoms with Crippen molar-refractivity contribution in [1.29, 1.82) is 0 Å². The first-order valence-corrected chi connectivity index (χ1v) is 18.0. The van der Waals surface area contributed by atoms with E-state index in [4.69, 9.17) is 9.97 Å². The van der Waals surface area contributed by atoms with Crippen LogP contribution in [0.2, 0.25) is 0 Å². The summed E-state index contributed by atoms with van der Waals surface area (Å²) in [5.74, 6) is 0.662. The average Bonchev–Trinajstić information content (AvgIpc) is 3.46. The Hall–Kier alpha value is -6.78. The van der Waals surface area contributed by atoms with Crippen LogP contribution in [0.3, 0.4) is 0 Å². The SMILES string of the molecule is CC1(C)c2ccccc2-c2cccc(-c3ccc(-c4ccc(-c5cc(-c6ccnc7ccccc67)nc(-c6ccnc7ccccc67)n5)cc4)cc3)c21. The van der Waals surface area contributed by atoms with Crippen LogP contribution in [0.5, 0.6) is 0 Å². The van der Waals surface area contributed by atoms with Crippen LogP contribution in [0.1, 0.15) is 25.0 Å². The smallest absolute Gasteiger partial charge is 0.161 e. The molecule has 0 saturated carbocycles. The van der Waals surface area contributed by atoms with Crippen molar-refractivity contribution in [2.24, 2.45) is 0 Å². The first kappa shape index (κ1) is 31.0. The molecule has 0 N–H and O–H groups in total. The zero-order valence-corrected chi connectivity index (χ0v) is 29.5. The summed E-state index contributed by atoms with van der Waals surface area (Å²) in [6.45, 7) is 4.69. The van der Waals surface area contributed by atoms with Crippen LogP contribution >= 0.6 is 0 Å². The van der Waals surface area contributed by atoms with Crippen molar-refractivity contribution < 1.29 is 0 Å². The molecule has 0 fully saturated rings. The van der Waals surface area contributed by atoms with E-state index in [1.165, 1.54) is 38.9 Å². The van der Waals surface area contributed by atoms with E-state index >= 15 is 0 Å². The maximum atomic E-state index is 5.18. The van der Waals surface area contributed by atoms with Gasteiger partial charge in [0.2, 0.25) is 0 Å². The Labute approximate surface area is 308 Å². The maximum Gasteiger partial charge on any atom is 0.161 e. The summed E-state index contributed by atoms with van der Waals surface area (Å²) >= 11 is 0. The normalized spacial score (nSPS) is 12.9. The molecule has 0 atom stereocenters. The van der Waals surface area contributed by atoms with Crippen molar-refractivity contribution in [3.63, 3.8) is 0 Å². The molecule has 4 heteroatoms. The van der Waals surface area contributed by atoms with Gasteiger partial charge in [0.15, 0.2) is 5.82 Å². The van der Waals surface area contributed by atoms with Gasteiger partial charge in [0.25, 0.3) is 0 Å². The molecule has 9 aromatic rings. The molecule has 0 amide bonds. The van der Waals surface area contributed by atoms with E-state index in [1.807, 2.05) is 60.9 Å². The fourth-order valence-electron chi connectivity index (χ4n) is 8.23. The molecule has 4 nitrogen and oxygen atoms in total. The first-order chi connectivity index (χ1) is 26.0. The van der Waals surface area contributed by atoms with Crippen molar-refractivity contribution in [1.82, 2.24) is 19.9 Å². The third-order valence-corrected chi connectivity index (χ3v) is 10.8. The van der Waals surface area contributed by atoms with E-state index in [-0.39, 0.29) is 5.41 Å². The van der Waals surface area contributed by atoms with Crippen LogP contribution in [0.25, 0.3) is 89.1 Å². The summed E-state index contributed by atoms with van der Waals surface area (Å²) in [5, 5.41) is 2.07. The lowest BCUT2D eigenvalue weighted by Gasteiger charge is -2.24. The molecular weight excluding hydrogens is 645 g/mol. The monoisotopic (exact) mass is 678 g/mol. The van der Waals surface area contributed by atoms with Gasteiger partial charge in [0.05, 0.1) is 22.4 Å². The third kappa shape index (κ3) is 5.14. The van der Waals surface area contributed by atoms with Gasteiger partial charge in [-0.25, -0.2) is 9.97 Å². The molecule has 250 valence electrons. The van der Waals surface area contributed by atoms with Gasteiger partial charge in [0, 0.05) is 45.3 Å². The number of fused-ring (bicyclic) bond motifs is 5. The maximum absolute atomic E-state index is 5.18. The molecule has 0 aliphatic heterocycles. The lowest BCUT2D eigenvalue weighted by molar-refractivity contribution is 0.662. The summed E-state index contributed by atoms with van der Waals surface area (Å²) in [6.07, 6.45) is 3.69. The lowest BCUT2D eigenvalue weighted by atomic mass is 9.79. The molecule has 0 radical (unpaired) electrons. The molecule has 3 aromatic heterocycles. The topological polar surface area (TPSA) is 51.6 Å². The van der Waals surface area contributed by atoms with Gasteiger partial charge in [-0.05, 0) is 74.8 Å². The van der Waals surface area contributed by atoms with Crippen molar-refractivity contribution in [2.45, 2.75) is 19.3 Å². The molecule has 10 rings (SSSR count). The lowest BCUT2D eigenvalue weighted by Crippen LogP contribution is -2.16. The highest BCUT2D eigenvalue weighted by atomic mass is 14.9.